The number of rotatable bonds is 6. The predicted molar refractivity (Wildman–Crippen MR) is 79.0 cm³/mol. The molecule has 0 aliphatic heterocycles. The van der Waals surface area contributed by atoms with Gasteiger partial charge >= 0.3 is 0 Å². The summed E-state index contributed by atoms with van der Waals surface area (Å²) < 4.78 is 20.1. The lowest BCUT2D eigenvalue weighted by atomic mass is 10.1. The van der Waals surface area contributed by atoms with Gasteiger partial charge in [-0.3, -0.25) is 14.3 Å². The number of terminal acetylenes is 1. The highest BCUT2D eigenvalue weighted by molar-refractivity contribution is 5.70. The van der Waals surface area contributed by atoms with E-state index >= 15 is 0 Å². The third kappa shape index (κ3) is 3.31. The van der Waals surface area contributed by atoms with Gasteiger partial charge in [-0.1, -0.05) is 5.92 Å². The second-order valence-electron chi connectivity index (χ2n) is 4.79. The van der Waals surface area contributed by atoms with Gasteiger partial charge < -0.3 is 20.7 Å². The van der Waals surface area contributed by atoms with Gasteiger partial charge in [-0.05, 0) is 6.92 Å². The van der Waals surface area contributed by atoms with Gasteiger partial charge in [0.2, 0.25) is 5.95 Å². The summed E-state index contributed by atoms with van der Waals surface area (Å²) in [5.41, 5.74) is 5.16. The van der Waals surface area contributed by atoms with E-state index in [1.165, 1.54) is 10.9 Å². The van der Waals surface area contributed by atoms with Gasteiger partial charge in [0.25, 0.3) is 5.56 Å². The van der Waals surface area contributed by atoms with Crippen molar-refractivity contribution in [2.75, 3.05) is 12.3 Å². The van der Waals surface area contributed by atoms with E-state index in [-0.39, 0.29) is 17.1 Å². The SMILES string of the molecule is C#CC(F)C(O)[C@@H](CO)OC(C)n1cnc2c(=O)[nH]c(N)nc21. The van der Waals surface area contributed by atoms with E-state index in [2.05, 4.69) is 15.0 Å². The van der Waals surface area contributed by atoms with E-state index in [1.54, 1.807) is 12.8 Å². The topological polar surface area (TPSA) is 139 Å². The van der Waals surface area contributed by atoms with Gasteiger partial charge in [-0.25, -0.2) is 9.37 Å². The van der Waals surface area contributed by atoms with Gasteiger partial charge in [0.15, 0.2) is 17.3 Å². The van der Waals surface area contributed by atoms with Crippen LogP contribution in [-0.2, 0) is 4.74 Å². The van der Waals surface area contributed by atoms with E-state index in [1.807, 2.05) is 0 Å². The lowest BCUT2D eigenvalue weighted by molar-refractivity contribution is -0.126. The standard InChI is InChI=1S/C13H16FN5O4/c1-3-7(14)10(21)8(4-20)23-6(2)19-5-16-9-11(19)17-13(15)18-12(9)22/h1,5-8,10,20-21H,4H2,2H3,(H3,15,17,18,22)/t6?,7?,8-,10?/m1/s1. The van der Waals surface area contributed by atoms with Crippen LogP contribution in [0.1, 0.15) is 13.2 Å². The number of halogens is 1. The number of alkyl halides is 1. The number of hydrogen-bond donors (Lipinski definition) is 4. The zero-order valence-corrected chi connectivity index (χ0v) is 12.2. The van der Waals surface area contributed by atoms with Crippen LogP contribution in [0.2, 0.25) is 0 Å². The molecule has 2 aromatic heterocycles. The number of aliphatic hydroxyl groups excluding tert-OH is 2. The highest BCUT2D eigenvalue weighted by Crippen LogP contribution is 2.19. The number of aliphatic hydroxyl groups is 2. The Morgan fingerprint density at radius 1 is 1.65 bits per heavy atom. The fourth-order valence-electron chi connectivity index (χ4n) is 2.05. The van der Waals surface area contributed by atoms with Crippen molar-refractivity contribution in [1.29, 1.82) is 0 Å². The minimum atomic E-state index is -1.99. The molecule has 0 saturated carbocycles. The maximum Gasteiger partial charge on any atom is 0.280 e. The smallest absolute Gasteiger partial charge is 0.280 e. The van der Waals surface area contributed by atoms with Crippen molar-refractivity contribution in [3.63, 3.8) is 0 Å². The van der Waals surface area contributed by atoms with Crippen molar-refractivity contribution < 1.29 is 19.3 Å². The second kappa shape index (κ2) is 6.74. The minimum Gasteiger partial charge on any atom is -0.394 e. The summed E-state index contributed by atoms with van der Waals surface area (Å²) in [6, 6.07) is 0. The first-order valence-corrected chi connectivity index (χ1v) is 6.66. The Morgan fingerprint density at radius 3 is 2.96 bits per heavy atom. The molecule has 124 valence electrons. The lowest BCUT2D eigenvalue weighted by Gasteiger charge is -2.26. The number of H-pyrrole nitrogens is 1. The van der Waals surface area contributed by atoms with Crippen LogP contribution in [0.5, 0.6) is 0 Å². The number of anilines is 1. The Kier molecular flexibility index (Phi) is 4.95. The Balaban J connectivity index is 2.29. The van der Waals surface area contributed by atoms with E-state index in [0.29, 0.717) is 0 Å². The van der Waals surface area contributed by atoms with Gasteiger partial charge in [0.05, 0.1) is 12.9 Å². The Morgan fingerprint density at radius 2 is 2.35 bits per heavy atom. The molecule has 2 heterocycles. The number of aromatic nitrogens is 4. The number of aromatic amines is 1. The first-order chi connectivity index (χ1) is 10.9. The number of imidazole rings is 1. The van der Waals surface area contributed by atoms with Crippen molar-refractivity contribution >= 4 is 17.1 Å². The Bertz CT molecular complexity index is 783. The Hall–Kier alpha value is -2.48. The molecule has 4 atom stereocenters. The van der Waals surface area contributed by atoms with Crippen molar-refractivity contribution in [3.05, 3.63) is 16.7 Å². The maximum absolute atomic E-state index is 13.3. The van der Waals surface area contributed by atoms with Crippen LogP contribution >= 0.6 is 0 Å². The van der Waals surface area contributed by atoms with Crippen LogP contribution in [0, 0.1) is 12.3 Å². The fourth-order valence-corrected chi connectivity index (χ4v) is 2.05. The number of nitrogens with zero attached hydrogens (tertiary/aromatic N) is 3. The van der Waals surface area contributed by atoms with Crippen LogP contribution in [0.4, 0.5) is 10.3 Å². The molecule has 0 aliphatic carbocycles. The molecule has 10 heteroatoms. The third-order valence-electron chi connectivity index (χ3n) is 3.23. The summed E-state index contributed by atoms with van der Waals surface area (Å²) in [6.45, 7) is 0.884. The lowest BCUT2D eigenvalue weighted by Crippen LogP contribution is -2.40. The summed E-state index contributed by atoms with van der Waals surface area (Å²) in [4.78, 5) is 21.9. The molecule has 3 unspecified atom stereocenters. The molecule has 2 rings (SSSR count). The van der Waals surface area contributed by atoms with Crippen LogP contribution in [0.3, 0.4) is 0 Å². The number of nitrogens with one attached hydrogen (secondary N) is 1. The van der Waals surface area contributed by atoms with Crippen molar-refractivity contribution in [2.24, 2.45) is 0 Å². The Labute approximate surface area is 129 Å². The molecule has 0 spiro atoms. The molecule has 0 aromatic carbocycles. The summed E-state index contributed by atoms with van der Waals surface area (Å²) >= 11 is 0. The van der Waals surface area contributed by atoms with Crippen LogP contribution in [0.15, 0.2) is 11.1 Å². The fraction of sp³-hybridized carbons (Fsp3) is 0.462. The predicted octanol–water partition coefficient (Wildman–Crippen LogP) is -1.07. The molecule has 9 nitrogen and oxygen atoms in total. The molecule has 5 N–H and O–H groups in total. The third-order valence-corrected chi connectivity index (χ3v) is 3.23. The van der Waals surface area contributed by atoms with Gasteiger partial charge in [0, 0.05) is 0 Å². The molecule has 0 bridgehead atoms. The van der Waals surface area contributed by atoms with E-state index < -0.39 is 36.8 Å². The average molecular weight is 325 g/mol. The molecule has 23 heavy (non-hydrogen) atoms. The van der Waals surface area contributed by atoms with Gasteiger partial charge in [-0.15, -0.1) is 6.42 Å². The van der Waals surface area contributed by atoms with Crippen molar-refractivity contribution in [2.45, 2.75) is 31.5 Å². The first-order valence-electron chi connectivity index (χ1n) is 6.66. The molecular formula is C13H16FN5O4. The van der Waals surface area contributed by atoms with Crippen LogP contribution < -0.4 is 11.3 Å². The quantitative estimate of drug-likeness (QED) is 0.496. The molecule has 0 fully saturated rings. The number of nitrogen functional groups attached to an aromatic ring is 1. The van der Waals surface area contributed by atoms with Crippen LogP contribution in [-0.4, -0.2) is 54.7 Å². The summed E-state index contributed by atoms with van der Waals surface area (Å²) in [6.07, 6.45) is 0.389. The second-order valence-corrected chi connectivity index (χ2v) is 4.79. The molecule has 0 radical (unpaired) electrons. The highest BCUT2D eigenvalue weighted by Gasteiger charge is 2.29. The molecule has 2 aromatic rings. The zero-order valence-electron chi connectivity index (χ0n) is 12.2. The molecule has 0 saturated heterocycles. The average Bonchev–Trinajstić information content (AvgIpc) is 2.95. The summed E-state index contributed by atoms with van der Waals surface area (Å²) in [5.74, 6) is 1.63. The number of fused-ring (bicyclic) bond motifs is 1. The minimum absolute atomic E-state index is 0.0442. The summed E-state index contributed by atoms with van der Waals surface area (Å²) in [7, 11) is 0. The molecular weight excluding hydrogens is 309 g/mol. The van der Waals surface area contributed by atoms with E-state index in [0.717, 1.165) is 0 Å². The largest absolute Gasteiger partial charge is 0.394 e. The van der Waals surface area contributed by atoms with Gasteiger partial charge in [0.1, 0.15) is 18.4 Å². The first kappa shape index (κ1) is 16.9. The van der Waals surface area contributed by atoms with Gasteiger partial charge in [-0.2, -0.15) is 4.98 Å². The van der Waals surface area contributed by atoms with E-state index in [9.17, 15) is 19.4 Å². The summed E-state index contributed by atoms with van der Waals surface area (Å²) in [5, 5.41) is 19.0. The van der Waals surface area contributed by atoms with Crippen molar-refractivity contribution in [1.82, 2.24) is 19.5 Å². The molecule has 0 amide bonds. The normalized spacial score (nSPS) is 16.7. The number of hydrogen-bond acceptors (Lipinski definition) is 7. The highest BCUT2D eigenvalue weighted by atomic mass is 19.1. The van der Waals surface area contributed by atoms with E-state index in [4.69, 9.17) is 16.9 Å². The van der Waals surface area contributed by atoms with Crippen molar-refractivity contribution in [3.8, 4) is 12.3 Å². The zero-order chi connectivity index (χ0) is 17.1. The monoisotopic (exact) mass is 325 g/mol. The number of ether oxygens (including phenoxy) is 1. The maximum atomic E-state index is 13.3. The van der Waals surface area contributed by atoms with Crippen LogP contribution in [0.25, 0.3) is 11.2 Å². The number of nitrogens with two attached hydrogens (primary N) is 1. The molecule has 0 aliphatic rings.